The van der Waals surface area contributed by atoms with Crippen LogP contribution in [0.5, 0.6) is 0 Å². The lowest BCUT2D eigenvalue weighted by molar-refractivity contribution is 0.484. The number of rotatable bonds is 4. The molecule has 0 saturated carbocycles. The van der Waals surface area contributed by atoms with E-state index < -0.39 is 0 Å². The average Bonchev–Trinajstić information content (AvgIpc) is 2.97. The number of hydrogen-bond donors (Lipinski definition) is 1. The van der Waals surface area contributed by atoms with Crippen molar-refractivity contribution in [3.63, 3.8) is 0 Å². The highest BCUT2D eigenvalue weighted by Gasteiger charge is 2.21. The molecule has 3 rings (SSSR count). The van der Waals surface area contributed by atoms with E-state index in [2.05, 4.69) is 29.3 Å². The summed E-state index contributed by atoms with van der Waals surface area (Å²) in [6.45, 7) is 3.44. The van der Waals surface area contributed by atoms with Crippen LogP contribution >= 0.6 is 11.3 Å². The number of hydrogen-bond acceptors (Lipinski definition) is 4. The summed E-state index contributed by atoms with van der Waals surface area (Å²) in [5, 5.41) is 3.33. The first-order valence-electron chi connectivity index (χ1n) is 7.75. The molecule has 1 fully saturated rings. The van der Waals surface area contributed by atoms with Crippen molar-refractivity contribution in [2.45, 2.75) is 44.7 Å². The van der Waals surface area contributed by atoms with Gasteiger partial charge in [0, 0.05) is 30.4 Å². The largest absolute Gasteiger partial charge is 0.345 e. The van der Waals surface area contributed by atoms with Crippen LogP contribution in [0.1, 0.15) is 43.5 Å². The highest BCUT2D eigenvalue weighted by molar-refractivity contribution is 7.13. The smallest absolute Gasteiger partial charge is 0.185 e. The van der Waals surface area contributed by atoms with E-state index in [0.717, 1.165) is 23.8 Å². The first-order chi connectivity index (χ1) is 10.2. The lowest BCUT2D eigenvalue weighted by Gasteiger charge is -2.33. The van der Waals surface area contributed by atoms with Crippen LogP contribution in [0.25, 0.3) is 0 Å². The van der Waals surface area contributed by atoms with Crippen LogP contribution in [0.2, 0.25) is 0 Å². The monoisotopic (exact) mass is 301 g/mol. The third-order valence-corrected chi connectivity index (χ3v) is 5.17. The molecule has 1 saturated heterocycles. The maximum absolute atomic E-state index is 6.29. The summed E-state index contributed by atoms with van der Waals surface area (Å²) in [5.41, 5.74) is 8.59. The standard InChI is InChI=1S/C17H23N3S/c1-13-7-5-6-10-20(13)17-19-15(12-21-17)11-16(18)14-8-3-2-4-9-14/h2-4,8-9,12-13,16H,5-7,10-11,18H2,1H3. The summed E-state index contributed by atoms with van der Waals surface area (Å²) in [4.78, 5) is 7.26. The third-order valence-electron chi connectivity index (χ3n) is 4.25. The number of anilines is 1. The Labute approximate surface area is 130 Å². The molecule has 2 heterocycles. The van der Waals surface area contributed by atoms with Crippen LogP contribution in [0, 0.1) is 0 Å². The molecule has 0 bridgehead atoms. The fourth-order valence-electron chi connectivity index (χ4n) is 2.95. The van der Waals surface area contributed by atoms with Crippen molar-refractivity contribution >= 4 is 16.5 Å². The van der Waals surface area contributed by atoms with E-state index in [4.69, 9.17) is 10.7 Å². The lowest BCUT2D eigenvalue weighted by Crippen LogP contribution is -2.37. The molecular formula is C17H23N3S. The summed E-state index contributed by atoms with van der Waals surface area (Å²) in [6.07, 6.45) is 4.71. The van der Waals surface area contributed by atoms with Gasteiger partial charge in [0.2, 0.25) is 0 Å². The van der Waals surface area contributed by atoms with E-state index in [-0.39, 0.29) is 6.04 Å². The number of benzene rings is 1. The molecule has 2 atom stereocenters. The minimum atomic E-state index is 0.0277. The average molecular weight is 301 g/mol. The quantitative estimate of drug-likeness (QED) is 0.935. The summed E-state index contributed by atoms with van der Waals surface area (Å²) in [6, 6.07) is 10.9. The molecule has 0 aliphatic carbocycles. The molecule has 112 valence electrons. The predicted octanol–water partition coefficient (Wildman–Crippen LogP) is 3.76. The minimum Gasteiger partial charge on any atom is -0.345 e. The van der Waals surface area contributed by atoms with Crippen molar-refractivity contribution in [2.75, 3.05) is 11.4 Å². The van der Waals surface area contributed by atoms with Crippen LogP contribution in [-0.4, -0.2) is 17.6 Å². The molecule has 0 radical (unpaired) electrons. The van der Waals surface area contributed by atoms with Crippen LogP contribution < -0.4 is 10.6 Å². The molecule has 2 N–H and O–H groups in total. The van der Waals surface area contributed by atoms with E-state index in [1.54, 1.807) is 11.3 Å². The number of piperidine rings is 1. The first kappa shape index (κ1) is 14.5. The molecule has 1 aromatic carbocycles. The van der Waals surface area contributed by atoms with Crippen molar-refractivity contribution in [1.29, 1.82) is 0 Å². The SMILES string of the molecule is CC1CCCCN1c1nc(CC(N)c2ccccc2)cs1. The molecule has 21 heavy (non-hydrogen) atoms. The van der Waals surface area contributed by atoms with Gasteiger partial charge in [0.05, 0.1) is 5.69 Å². The van der Waals surface area contributed by atoms with Gasteiger partial charge in [0.15, 0.2) is 5.13 Å². The molecule has 3 nitrogen and oxygen atoms in total. The Bertz CT molecular complexity index is 566. The van der Waals surface area contributed by atoms with Crippen LogP contribution in [0.4, 0.5) is 5.13 Å². The van der Waals surface area contributed by atoms with Gasteiger partial charge in [-0.05, 0) is 31.7 Å². The van der Waals surface area contributed by atoms with Crippen molar-refractivity contribution in [3.05, 3.63) is 47.0 Å². The normalized spacial score (nSPS) is 20.5. The van der Waals surface area contributed by atoms with Crippen molar-refractivity contribution in [1.82, 2.24) is 4.98 Å². The Hall–Kier alpha value is -1.39. The topological polar surface area (TPSA) is 42.2 Å². The number of nitrogens with two attached hydrogens (primary N) is 1. The van der Waals surface area contributed by atoms with E-state index >= 15 is 0 Å². The van der Waals surface area contributed by atoms with Crippen molar-refractivity contribution in [2.24, 2.45) is 5.73 Å². The molecule has 0 spiro atoms. The maximum Gasteiger partial charge on any atom is 0.185 e. The summed E-state index contributed by atoms with van der Waals surface area (Å²) >= 11 is 1.76. The highest BCUT2D eigenvalue weighted by atomic mass is 32.1. The molecule has 2 unspecified atom stereocenters. The number of aromatic nitrogens is 1. The Morgan fingerprint density at radius 3 is 2.90 bits per heavy atom. The van der Waals surface area contributed by atoms with E-state index in [0.29, 0.717) is 6.04 Å². The third kappa shape index (κ3) is 3.44. The summed E-state index contributed by atoms with van der Waals surface area (Å²) in [5.74, 6) is 0. The van der Waals surface area contributed by atoms with Gasteiger partial charge in [-0.25, -0.2) is 4.98 Å². The maximum atomic E-state index is 6.29. The zero-order valence-corrected chi connectivity index (χ0v) is 13.4. The second kappa shape index (κ2) is 6.58. The zero-order valence-electron chi connectivity index (χ0n) is 12.5. The molecule has 2 aromatic rings. The van der Waals surface area contributed by atoms with E-state index in [1.807, 2.05) is 18.2 Å². The number of nitrogens with zero attached hydrogens (tertiary/aromatic N) is 2. The molecule has 0 amide bonds. The predicted molar refractivity (Wildman–Crippen MR) is 89.8 cm³/mol. The van der Waals surface area contributed by atoms with Crippen molar-refractivity contribution < 1.29 is 0 Å². The highest BCUT2D eigenvalue weighted by Crippen LogP contribution is 2.28. The van der Waals surface area contributed by atoms with Crippen LogP contribution in [0.15, 0.2) is 35.7 Å². The Morgan fingerprint density at radius 1 is 1.33 bits per heavy atom. The summed E-state index contributed by atoms with van der Waals surface area (Å²) < 4.78 is 0. The van der Waals surface area contributed by atoms with Gasteiger partial charge in [-0.15, -0.1) is 11.3 Å². The van der Waals surface area contributed by atoms with Crippen LogP contribution in [-0.2, 0) is 6.42 Å². The molecular weight excluding hydrogens is 278 g/mol. The van der Waals surface area contributed by atoms with Crippen LogP contribution in [0.3, 0.4) is 0 Å². The van der Waals surface area contributed by atoms with Crippen molar-refractivity contribution in [3.8, 4) is 0 Å². The zero-order chi connectivity index (χ0) is 14.7. The van der Waals surface area contributed by atoms with Gasteiger partial charge >= 0.3 is 0 Å². The summed E-state index contributed by atoms with van der Waals surface area (Å²) in [7, 11) is 0. The van der Waals surface area contributed by atoms with Gasteiger partial charge in [-0.2, -0.15) is 0 Å². The van der Waals surface area contributed by atoms with Gasteiger partial charge in [0.25, 0.3) is 0 Å². The Kier molecular flexibility index (Phi) is 4.56. The number of thiazole rings is 1. The van der Waals surface area contributed by atoms with E-state index in [1.165, 1.54) is 24.8 Å². The van der Waals surface area contributed by atoms with Gasteiger partial charge in [-0.3, -0.25) is 0 Å². The fraction of sp³-hybridized carbons (Fsp3) is 0.471. The Morgan fingerprint density at radius 2 is 2.14 bits per heavy atom. The van der Waals surface area contributed by atoms with E-state index in [9.17, 15) is 0 Å². The Balaban J connectivity index is 1.67. The molecule has 1 aromatic heterocycles. The second-order valence-corrected chi connectivity index (χ2v) is 6.72. The first-order valence-corrected chi connectivity index (χ1v) is 8.63. The van der Waals surface area contributed by atoms with Gasteiger partial charge in [-0.1, -0.05) is 30.3 Å². The molecule has 1 aliphatic heterocycles. The lowest BCUT2D eigenvalue weighted by atomic mass is 10.0. The molecule has 4 heteroatoms. The second-order valence-electron chi connectivity index (χ2n) is 5.88. The molecule has 1 aliphatic rings. The van der Waals surface area contributed by atoms with Gasteiger partial charge < -0.3 is 10.6 Å². The fourth-order valence-corrected chi connectivity index (χ4v) is 3.91. The van der Waals surface area contributed by atoms with Gasteiger partial charge in [0.1, 0.15) is 0 Å². The minimum absolute atomic E-state index is 0.0277.